The summed E-state index contributed by atoms with van der Waals surface area (Å²) in [6.07, 6.45) is 2.77. The van der Waals surface area contributed by atoms with Crippen molar-refractivity contribution < 1.29 is 9.59 Å². The number of H-pyrrole nitrogens is 1. The molecule has 0 saturated heterocycles. The maximum atomic E-state index is 12.9. The number of anilines is 1. The predicted octanol–water partition coefficient (Wildman–Crippen LogP) is 5.25. The second-order valence-corrected chi connectivity index (χ2v) is 8.94. The molecule has 0 radical (unpaired) electrons. The van der Waals surface area contributed by atoms with Crippen molar-refractivity contribution >= 4 is 29.2 Å². The Morgan fingerprint density at radius 1 is 1.03 bits per heavy atom. The number of nitrogens with zero attached hydrogens (tertiary/aromatic N) is 1. The van der Waals surface area contributed by atoms with E-state index in [1.54, 1.807) is 0 Å². The molecule has 4 rings (SSSR count). The van der Waals surface area contributed by atoms with Crippen LogP contribution in [0.15, 0.2) is 48.5 Å². The van der Waals surface area contributed by atoms with Crippen LogP contribution in [-0.2, 0) is 4.79 Å². The lowest BCUT2D eigenvalue weighted by molar-refractivity contribution is -0.110. The van der Waals surface area contributed by atoms with Crippen LogP contribution in [0.1, 0.15) is 53.1 Å². The third-order valence-electron chi connectivity index (χ3n) is 6.73. The molecular formula is C29H34N4O2. The molecule has 0 saturated carbocycles. The number of amides is 2. The first-order chi connectivity index (χ1) is 16.9. The number of aryl methyl sites for hydroxylation is 1. The molecule has 0 fully saturated rings. The third kappa shape index (κ3) is 5.23. The van der Waals surface area contributed by atoms with Gasteiger partial charge in [-0.2, -0.15) is 0 Å². The highest BCUT2D eigenvalue weighted by atomic mass is 16.2. The highest BCUT2D eigenvalue weighted by molar-refractivity contribution is 6.35. The predicted molar refractivity (Wildman–Crippen MR) is 143 cm³/mol. The number of carbonyl (C=O) groups is 2. The molecule has 1 aliphatic rings. The zero-order valence-corrected chi connectivity index (χ0v) is 21.0. The number of carbonyl (C=O) groups excluding carboxylic acids is 2. The molecule has 182 valence electrons. The molecule has 1 aliphatic heterocycles. The molecule has 6 nitrogen and oxygen atoms in total. The van der Waals surface area contributed by atoms with Gasteiger partial charge in [0, 0.05) is 29.2 Å². The lowest BCUT2D eigenvalue weighted by Gasteiger charge is -2.17. The smallest absolute Gasteiger partial charge is 0.256 e. The Hall–Kier alpha value is -3.64. The van der Waals surface area contributed by atoms with Crippen molar-refractivity contribution in [2.45, 2.75) is 34.1 Å². The first kappa shape index (κ1) is 24.5. The van der Waals surface area contributed by atoms with E-state index in [1.807, 2.05) is 56.3 Å². The molecule has 3 aromatic rings. The molecule has 1 aromatic heterocycles. The second kappa shape index (κ2) is 10.7. The average molecular weight is 471 g/mol. The maximum absolute atomic E-state index is 12.9. The van der Waals surface area contributed by atoms with Gasteiger partial charge in [0.05, 0.1) is 11.1 Å². The van der Waals surface area contributed by atoms with Gasteiger partial charge in [0.15, 0.2) is 0 Å². The van der Waals surface area contributed by atoms with Gasteiger partial charge in [-0.05, 0) is 74.8 Å². The molecule has 0 aliphatic carbocycles. The SMILES string of the molecule is CCN(CC)CCCNC(=O)c1c(C)[nH]c(C=C2C(=O)Nc3ccc(-c4ccccc4)cc32)c1C. The minimum atomic E-state index is -0.140. The zero-order valence-electron chi connectivity index (χ0n) is 21.0. The Kier molecular flexibility index (Phi) is 7.51. The van der Waals surface area contributed by atoms with E-state index in [0.717, 1.165) is 65.4 Å². The van der Waals surface area contributed by atoms with Gasteiger partial charge in [0.2, 0.25) is 0 Å². The van der Waals surface area contributed by atoms with Crippen LogP contribution in [0.4, 0.5) is 5.69 Å². The lowest BCUT2D eigenvalue weighted by atomic mass is 9.98. The largest absolute Gasteiger partial charge is 0.358 e. The highest BCUT2D eigenvalue weighted by Gasteiger charge is 2.26. The standard InChI is InChI=1S/C29H34N4O2/c1-5-33(6-2)16-10-15-30-29(35)27-19(3)26(31-20(27)4)18-24-23-17-22(21-11-8-7-9-12-21)13-14-25(23)32-28(24)34/h7-9,11-14,17-18,31H,5-6,10,15-16H2,1-4H3,(H,30,35)(H,32,34). The minimum absolute atomic E-state index is 0.0805. The number of hydrogen-bond acceptors (Lipinski definition) is 3. The summed E-state index contributed by atoms with van der Waals surface area (Å²) in [6, 6.07) is 16.1. The lowest BCUT2D eigenvalue weighted by Crippen LogP contribution is -2.30. The monoisotopic (exact) mass is 470 g/mol. The van der Waals surface area contributed by atoms with Crippen molar-refractivity contribution in [2.24, 2.45) is 0 Å². The first-order valence-corrected chi connectivity index (χ1v) is 12.4. The van der Waals surface area contributed by atoms with E-state index in [2.05, 4.69) is 46.5 Å². The van der Waals surface area contributed by atoms with E-state index in [4.69, 9.17) is 0 Å². The summed E-state index contributed by atoms with van der Waals surface area (Å²) in [5.74, 6) is -0.220. The average Bonchev–Trinajstić information content (AvgIpc) is 3.33. The molecule has 2 aromatic carbocycles. The van der Waals surface area contributed by atoms with E-state index < -0.39 is 0 Å². The van der Waals surface area contributed by atoms with E-state index in [9.17, 15) is 9.59 Å². The normalized spacial score (nSPS) is 13.9. The van der Waals surface area contributed by atoms with E-state index >= 15 is 0 Å². The number of nitrogens with one attached hydrogen (secondary N) is 3. The van der Waals surface area contributed by atoms with Crippen LogP contribution in [-0.4, -0.2) is 47.9 Å². The van der Waals surface area contributed by atoms with E-state index in [0.29, 0.717) is 17.7 Å². The molecule has 3 N–H and O–H groups in total. The van der Waals surface area contributed by atoms with Crippen LogP contribution in [0.5, 0.6) is 0 Å². The summed E-state index contributed by atoms with van der Waals surface area (Å²) >= 11 is 0. The Labute approximate surface area is 207 Å². The molecule has 0 spiro atoms. The summed E-state index contributed by atoms with van der Waals surface area (Å²) in [5.41, 5.74) is 7.47. The van der Waals surface area contributed by atoms with E-state index in [1.165, 1.54) is 0 Å². The second-order valence-electron chi connectivity index (χ2n) is 8.94. The molecule has 0 atom stereocenters. The van der Waals surface area contributed by atoms with Crippen LogP contribution in [0.2, 0.25) is 0 Å². The van der Waals surface area contributed by atoms with Crippen molar-refractivity contribution in [1.29, 1.82) is 0 Å². The number of rotatable bonds is 9. The maximum Gasteiger partial charge on any atom is 0.256 e. The number of fused-ring (bicyclic) bond motifs is 1. The van der Waals surface area contributed by atoms with Gasteiger partial charge in [-0.3, -0.25) is 9.59 Å². The highest BCUT2D eigenvalue weighted by Crippen LogP contribution is 2.36. The van der Waals surface area contributed by atoms with Crippen LogP contribution in [0.25, 0.3) is 22.8 Å². The van der Waals surface area contributed by atoms with Crippen LogP contribution in [0.3, 0.4) is 0 Å². The molecule has 6 heteroatoms. The molecule has 0 bridgehead atoms. The van der Waals surface area contributed by atoms with Gasteiger partial charge in [-0.15, -0.1) is 0 Å². The summed E-state index contributed by atoms with van der Waals surface area (Å²) in [4.78, 5) is 31.4. The van der Waals surface area contributed by atoms with Crippen LogP contribution < -0.4 is 10.6 Å². The molecular weight excluding hydrogens is 436 g/mol. The zero-order chi connectivity index (χ0) is 24.9. The fourth-order valence-electron chi connectivity index (χ4n) is 4.68. The van der Waals surface area contributed by atoms with Crippen molar-refractivity contribution in [2.75, 3.05) is 31.5 Å². The summed E-state index contributed by atoms with van der Waals surface area (Å²) < 4.78 is 0. The van der Waals surface area contributed by atoms with Crippen LogP contribution >= 0.6 is 0 Å². The van der Waals surface area contributed by atoms with Gasteiger partial charge >= 0.3 is 0 Å². The van der Waals surface area contributed by atoms with Crippen molar-refractivity contribution in [3.63, 3.8) is 0 Å². The van der Waals surface area contributed by atoms with Crippen molar-refractivity contribution in [3.05, 3.63) is 76.6 Å². The van der Waals surface area contributed by atoms with Crippen molar-refractivity contribution in [1.82, 2.24) is 15.2 Å². The Morgan fingerprint density at radius 2 is 1.77 bits per heavy atom. The molecule has 0 unspecified atom stereocenters. The fourth-order valence-corrected chi connectivity index (χ4v) is 4.68. The van der Waals surface area contributed by atoms with E-state index in [-0.39, 0.29) is 11.8 Å². The van der Waals surface area contributed by atoms with Gasteiger partial charge in [-0.1, -0.05) is 50.2 Å². The molecule has 35 heavy (non-hydrogen) atoms. The first-order valence-electron chi connectivity index (χ1n) is 12.4. The van der Waals surface area contributed by atoms with Gasteiger partial charge in [0.1, 0.15) is 0 Å². The minimum Gasteiger partial charge on any atom is -0.358 e. The summed E-state index contributed by atoms with van der Waals surface area (Å²) in [7, 11) is 0. The Bertz CT molecular complexity index is 1250. The number of aromatic nitrogens is 1. The summed E-state index contributed by atoms with van der Waals surface area (Å²) in [6.45, 7) is 11.8. The Morgan fingerprint density at radius 3 is 2.49 bits per heavy atom. The molecule has 2 amide bonds. The van der Waals surface area contributed by atoms with Crippen molar-refractivity contribution in [3.8, 4) is 11.1 Å². The van der Waals surface area contributed by atoms with Crippen LogP contribution in [0, 0.1) is 13.8 Å². The number of aromatic amines is 1. The summed E-state index contributed by atoms with van der Waals surface area (Å²) in [5, 5.41) is 6.01. The number of hydrogen-bond donors (Lipinski definition) is 3. The molecule has 2 heterocycles. The van der Waals surface area contributed by atoms with Gasteiger partial charge in [-0.25, -0.2) is 0 Å². The van der Waals surface area contributed by atoms with Gasteiger partial charge in [0.25, 0.3) is 11.8 Å². The topological polar surface area (TPSA) is 77.2 Å². The quantitative estimate of drug-likeness (QED) is 0.295. The number of benzene rings is 2. The fraction of sp³-hybridized carbons (Fsp3) is 0.310. The van der Waals surface area contributed by atoms with Gasteiger partial charge < -0.3 is 20.5 Å². The Balaban J connectivity index is 1.56. The third-order valence-corrected chi connectivity index (χ3v) is 6.73.